The molecule has 2 aromatic rings. The van der Waals surface area contributed by atoms with Crippen LogP contribution in [0.15, 0.2) is 22.9 Å². The van der Waals surface area contributed by atoms with Gasteiger partial charge < -0.3 is 10.3 Å². The lowest BCUT2D eigenvalue weighted by Gasteiger charge is -2.04. The Morgan fingerprint density at radius 2 is 2.33 bits per heavy atom. The Morgan fingerprint density at radius 1 is 1.50 bits per heavy atom. The maximum atomic E-state index is 6.03. The zero-order valence-corrected chi connectivity index (χ0v) is 10.5. The Kier molecular flexibility index (Phi) is 3.01. The van der Waals surface area contributed by atoms with Crippen molar-refractivity contribution in [2.45, 2.75) is 25.3 Å². The molecule has 1 unspecified atom stereocenters. The normalized spacial score (nSPS) is 16.8. The lowest BCUT2D eigenvalue weighted by Crippen LogP contribution is -2.25. The summed E-state index contributed by atoms with van der Waals surface area (Å²) < 4.78 is 5.18. The van der Waals surface area contributed by atoms with E-state index in [-0.39, 0.29) is 6.04 Å². The van der Waals surface area contributed by atoms with E-state index < -0.39 is 0 Å². The molecule has 2 N–H and O–H groups in total. The van der Waals surface area contributed by atoms with E-state index >= 15 is 0 Å². The van der Waals surface area contributed by atoms with E-state index in [0.29, 0.717) is 34.8 Å². The molecule has 1 aliphatic carbocycles. The van der Waals surface area contributed by atoms with Crippen molar-refractivity contribution in [1.29, 1.82) is 0 Å². The van der Waals surface area contributed by atoms with E-state index in [1.165, 1.54) is 12.8 Å². The van der Waals surface area contributed by atoms with Gasteiger partial charge in [0.25, 0.3) is 0 Å². The third-order valence-corrected chi connectivity index (χ3v) is 3.38. The highest BCUT2D eigenvalue weighted by atomic mass is 35.5. The Balaban J connectivity index is 1.78. The highest BCUT2D eigenvalue weighted by Gasteiger charge is 2.29. The molecule has 0 amide bonds. The Labute approximate surface area is 109 Å². The van der Waals surface area contributed by atoms with Gasteiger partial charge in [0, 0.05) is 18.7 Å². The molecule has 94 valence electrons. The van der Waals surface area contributed by atoms with Crippen LogP contribution in [0, 0.1) is 5.92 Å². The van der Waals surface area contributed by atoms with Gasteiger partial charge in [0.1, 0.15) is 5.69 Å². The third-order valence-electron chi connectivity index (χ3n) is 3.08. The van der Waals surface area contributed by atoms with Crippen LogP contribution in [0.5, 0.6) is 0 Å². The largest absolute Gasteiger partial charge is 0.339 e. The molecule has 1 atom stereocenters. The summed E-state index contributed by atoms with van der Waals surface area (Å²) in [6.07, 6.45) is 4.66. The van der Waals surface area contributed by atoms with E-state index in [2.05, 4.69) is 15.1 Å². The lowest BCUT2D eigenvalue weighted by molar-refractivity contribution is 0.363. The molecule has 0 saturated heterocycles. The summed E-state index contributed by atoms with van der Waals surface area (Å²) >= 11 is 6.03. The number of hydrogen-bond acceptors (Lipinski definition) is 5. The minimum Gasteiger partial charge on any atom is -0.339 e. The molecule has 0 radical (unpaired) electrons. The second kappa shape index (κ2) is 4.66. The first kappa shape index (κ1) is 11.6. The standard InChI is InChI=1S/C12H13ClN4O/c13-8-2-1-5-15-11(8)12-16-10(18-17-12)6-9(14)7-3-4-7/h1-2,5,7,9H,3-4,6,14H2. The summed E-state index contributed by atoms with van der Waals surface area (Å²) in [4.78, 5) is 8.43. The van der Waals surface area contributed by atoms with Crippen LogP contribution in [0.25, 0.3) is 11.5 Å². The maximum absolute atomic E-state index is 6.03. The summed E-state index contributed by atoms with van der Waals surface area (Å²) in [5.41, 5.74) is 6.56. The topological polar surface area (TPSA) is 77.8 Å². The second-order valence-corrected chi connectivity index (χ2v) is 4.96. The molecule has 5 nitrogen and oxygen atoms in total. The van der Waals surface area contributed by atoms with Crippen LogP contribution in [0.3, 0.4) is 0 Å². The van der Waals surface area contributed by atoms with Crippen LogP contribution >= 0.6 is 11.6 Å². The van der Waals surface area contributed by atoms with E-state index in [0.717, 1.165) is 0 Å². The molecule has 1 saturated carbocycles. The van der Waals surface area contributed by atoms with E-state index in [1.807, 2.05) is 0 Å². The highest BCUT2D eigenvalue weighted by Crippen LogP contribution is 2.33. The number of halogens is 1. The van der Waals surface area contributed by atoms with Gasteiger partial charge in [-0.05, 0) is 30.9 Å². The van der Waals surface area contributed by atoms with Crippen LogP contribution in [0.1, 0.15) is 18.7 Å². The molecule has 6 heteroatoms. The van der Waals surface area contributed by atoms with Gasteiger partial charge in [-0.15, -0.1) is 0 Å². The Hall–Kier alpha value is -1.46. The monoisotopic (exact) mass is 264 g/mol. The first-order valence-corrected chi connectivity index (χ1v) is 6.31. The maximum Gasteiger partial charge on any atom is 0.228 e. The second-order valence-electron chi connectivity index (χ2n) is 4.55. The molecule has 0 bridgehead atoms. The van der Waals surface area contributed by atoms with Crippen LogP contribution in [0.2, 0.25) is 5.02 Å². The van der Waals surface area contributed by atoms with Gasteiger partial charge in [-0.25, -0.2) is 0 Å². The molecule has 0 spiro atoms. The van der Waals surface area contributed by atoms with Gasteiger partial charge in [-0.3, -0.25) is 4.98 Å². The quantitative estimate of drug-likeness (QED) is 0.915. The van der Waals surface area contributed by atoms with E-state index in [9.17, 15) is 0 Å². The molecular formula is C12H13ClN4O. The van der Waals surface area contributed by atoms with Crippen molar-refractivity contribution in [3.8, 4) is 11.5 Å². The average Bonchev–Trinajstić information content (AvgIpc) is 3.12. The number of nitrogens with two attached hydrogens (primary N) is 1. The lowest BCUT2D eigenvalue weighted by atomic mass is 10.1. The summed E-state index contributed by atoms with van der Waals surface area (Å²) in [5.74, 6) is 1.57. The van der Waals surface area contributed by atoms with Gasteiger partial charge in [0.05, 0.1) is 5.02 Å². The van der Waals surface area contributed by atoms with Crippen molar-refractivity contribution >= 4 is 11.6 Å². The third kappa shape index (κ3) is 2.37. The minimum atomic E-state index is 0.109. The predicted octanol–water partition coefficient (Wildman–Crippen LogP) is 2.06. The SMILES string of the molecule is NC(Cc1nc(-c2ncccc2Cl)no1)C1CC1. The fourth-order valence-electron chi connectivity index (χ4n) is 1.88. The first-order valence-electron chi connectivity index (χ1n) is 5.93. The Bertz CT molecular complexity index is 553. The number of hydrogen-bond donors (Lipinski definition) is 1. The fraction of sp³-hybridized carbons (Fsp3) is 0.417. The van der Waals surface area contributed by atoms with Gasteiger partial charge in [-0.2, -0.15) is 4.98 Å². The van der Waals surface area contributed by atoms with Crippen LogP contribution in [0.4, 0.5) is 0 Å². The summed E-state index contributed by atoms with van der Waals surface area (Å²) in [5, 5.41) is 4.40. The predicted molar refractivity (Wildman–Crippen MR) is 66.9 cm³/mol. The van der Waals surface area contributed by atoms with Crippen LogP contribution < -0.4 is 5.73 Å². The van der Waals surface area contributed by atoms with Crippen molar-refractivity contribution in [3.05, 3.63) is 29.2 Å². The van der Waals surface area contributed by atoms with Gasteiger partial charge in [0.2, 0.25) is 11.7 Å². The summed E-state index contributed by atoms with van der Waals surface area (Å²) in [7, 11) is 0. The van der Waals surface area contributed by atoms with Crippen molar-refractivity contribution in [1.82, 2.24) is 15.1 Å². The Morgan fingerprint density at radius 3 is 3.06 bits per heavy atom. The fourth-order valence-corrected chi connectivity index (χ4v) is 2.08. The summed E-state index contributed by atoms with van der Waals surface area (Å²) in [6, 6.07) is 3.61. The molecule has 18 heavy (non-hydrogen) atoms. The zero-order chi connectivity index (χ0) is 12.5. The van der Waals surface area contributed by atoms with E-state index in [1.54, 1.807) is 18.3 Å². The number of aromatic nitrogens is 3. The molecule has 0 aliphatic heterocycles. The number of rotatable bonds is 4. The smallest absolute Gasteiger partial charge is 0.228 e. The molecule has 0 aromatic carbocycles. The zero-order valence-electron chi connectivity index (χ0n) is 9.71. The number of nitrogens with zero attached hydrogens (tertiary/aromatic N) is 3. The van der Waals surface area contributed by atoms with Crippen molar-refractivity contribution in [2.75, 3.05) is 0 Å². The molecule has 1 fully saturated rings. The van der Waals surface area contributed by atoms with Gasteiger partial charge in [-0.1, -0.05) is 16.8 Å². The molecule has 3 rings (SSSR count). The van der Waals surface area contributed by atoms with Crippen molar-refractivity contribution < 1.29 is 4.52 Å². The first-order chi connectivity index (χ1) is 8.74. The van der Waals surface area contributed by atoms with E-state index in [4.69, 9.17) is 21.9 Å². The van der Waals surface area contributed by atoms with Crippen molar-refractivity contribution in [2.24, 2.45) is 11.7 Å². The molecular weight excluding hydrogens is 252 g/mol. The highest BCUT2D eigenvalue weighted by molar-refractivity contribution is 6.32. The van der Waals surface area contributed by atoms with Crippen molar-refractivity contribution in [3.63, 3.8) is 0 Å². The molecule has 1 aliphatic rings. The molecule has 2 heterocycles. The average molecular weight is 265 g/mol. The van der Waals surface area contributed by atoms with Gasteiger partial charge >= 0.3 is 0 Å². The molecule has 2 aromatic heterocycles. The van der Waals surface area contributed by atoms with Crippen LogP contribution in [-0.2, 0) is 6.42 Å². The summed E-state index contributed by atoms with van der Waals surface area (Å²) in [6.45, 7) is 0. The minimum absolute atomic E-state index is 0.109. The number of pyridine rings is 1. The van der Waals surface area contributed by atoms with Crippen LogP contribution in [-0.4, -0.2) is 21.2 Å². The van der Waals surface area contributed by atoms with Gasteiger partial charge in [0.15, 0.2) is 0 Å².